The summed E-state index contributed by atoms with van der Waals surface area (Å²) in [4.78, 5) is 10.3. The van der Waals surface area contributed by atoms with Crippen LogP contribution in [-0.2, 0) is 0 Å². The van der Waals surface area contributed by atoms with Gasteiger partial charge in [0.05, 0.1) is 6.21 Å². The first-order chi connectivity index (χ1) is 6.59. The van der Waals surface area contributed by atoms with Crippen molar-refractivity contribution in [3.63, 3.8) is 0 Å². The van der Waals surface area contributed by atoms with Crippen molar-refractivity contribution in [1.82, 2.24) is 5.43 Å². The summed E-state index contributed by atoms with van der Waals surface area (Å²) >= 11 is 5.59. The quantitative estimate of drug-likeness (QED) is 0.469. The normalized spacial score (nSPS) is 10.4. The fourth-order valence-corrected chi connectivity index (χ4v) is 1.50. The Bertz CT molecular complexity index is 381. The molecule has 14 heavy (non-hydrogen) atoms. The molecule has 0 saturated carbocycles. The summed E-state index contributed by atoms with van der Waals surface area (Å²) in [6.07, 6.45) is 1.52. The smallest absolute Gasteiger partial charge is 0.332 e. The van der Waals surface area contributed by atoms with Gasteiger partial charge in [-0.15, -0.1) is 0 Å². The lowest BCUT2D eigenvalue weighted by Gasteiger charge is -1.97. The third-order valence-corrected chi connectivity index (χ3v) is 3.67. The zero-order valence-electron chi connectivity index (χ0n) is 7.00. The van der Waals surface area contributed by atoms with Crippen LogP contribution in [0.25, 0.3) is 0 Å². The summed E-state index contributed by atoms with van der Waals surface area (Å²) in [6, 6.07) is 5.05. The predicted molar refractivity (Wildman–Crippen MR) is 67.2 cm³/mol. The minimum absolute atomic E-state index is 0.675. The third kappa shape index (κ3) is 3.62. The van der Waals surface area contributed by atoms with Crippen LogP contribution in [0.2, 0.25) is 0 Å². The van der Waals surface area contributed by atoms with E-state index in [2.05, 4.69) is 49.0 Å². The van der Waals surface area contributed by atoms with Gasteiger partial charge in [-0.2, -0.15) is 5.10 Å². The highest BCUT2D eigenvalue weighted by Gasteiger charge is 1.96. The van der Waals surface area contributed by atoms with Gasteiger partial charge in [0.25, 0.3) is 0 Å². The van der Waals surface area contributed by atoms with Crippen molar-refractivity contribution in [2.24, 2.45) is 10.8 Å². The molecule has 0 heterocycles. The molecule has 0 aliphatic carbocycles. The van der Waals surface area contributed by atoms with Crippen molar-refractivity contribution in [2.75, 3.05) is 0 Å². The maximum atomic E-state index is 10.3. The monoisotopic (exact) mass is 367 g/mol. The number of nitrogens with two attached hydrogens (primary N) is 1. The van der Waals surface area contributed by atoms with Crippen molar-refractivity contribution in [2.45, 2.75) is 0 Å². The molecule has 0 aliphatic heterocycles. The molecule has 1 rings (SSSR count). The Labute approximate surface area is 103 Å². The van der Waals surface area contributed by atoms with E-state index in [1.165, 1.54) is 6.21 Å². The molecule has 0 atom stereocenters. The number of benzene rings is 1. The minimum Gasteiger partial charge on any atom is -0.350 e. The lowest BCUT2D eigenvalue weighted by Crippen LogP contribution is -2.24. The molecule has 0 radical (unpaired) electrons. The molecule has 3 N–H and O–H groups in total. The molecule has 1 aromatic rings. The van der Waals surface area contributed by atoms with Crippen molar-refractivity contribution in [3.05, 3.63) is 31.8 Å². The van der Waals surface area contributed by atoms with E-state index in [0.717, 1.165) is 13.6 Å². The average molecular weight is 368 g/mol. The van der Waals surface area contributed by atoms with Gasteiger partial charge >= 0.3 is 6.03 Å². The maximum Gasteiger partial charge on any atom is 0.332 e. The number of carbonyl (C=O) groups excluding carboxylic acids is 1. The van der Waals surface area contributed by atoms with Crippen LogP contribution in [0.3, 0.4) is 0 Å². The minimum atomic E-state index is -0.675. The Balaban J connectivity index is 2.73. The van der Waals surface area contributed by atoms with Gasteiger partial charge in [-0.25, -0.2) is 10.2 Å². The van der Waals surface area contributed by atoms with Crippen molar-refractivity contribution >= 4 is 50.8 Å². The summed E-state index contributed by atoms with van der Waals surface area (Å²) in [7, 11) is 0. The molecule has 4 nitrogen and oxygen atoms in total. The van der Waals surface area contributed by atoms with Crippen LogP contribution in [0.1, 0.15) is 5.56 Å². The van der Waals surface area contributed by atoms with Gasteiger partial charge < -0.3 is 5.73 Å². The SMILES string of the molecule is NC(=O)NN=Cc1ccc(I)c(Br)c1. The zero-order chi connectivity index (χ0) is 10.6. The number of hydrogen-bond donors (Lipinski definition) is 2. The number of carbonyl (C=O) groups is 1. The summed E-state index contributed by atoms with van der Waals surface area (Å²) in [5.41, 5.74) is 7.84. The van der Waals surface area contributed by atoms with Crippen LogP contribution in [0, 0.1) is 3.57 Å². The maximum absolute atomic E-state index is 10.3. The third-order valence-electron chi connectivity index (χ3n) is 1.33. The van der Waals surface area contributed by atoms with Crippen LogP contribution in [0.15, 0.2) is 27.8 Å². The highest BCUT2D eigenvalue weighted by molar-refractivity contribution is 14.1. The Hall–Kier alpha value is -0.630. The molecule has 0 aliphatic rings. The highest BCUT2D eigenvalue weighted by atomic mass is 127. The molecule has 0 unspecified atom stereocenters. The van der Waals surface area contributed by atoms with Gasteiger partial charge in [-0.05, 0) is 56.2 Å². The van der Waals surface area contributed by atoms with E-state index in [0.29, 0.717) is 0 Å². The van der Waals surface area contributed by atoms with E-state index in [1.807, 2.05) is 18.2 Å². The number of hydrazone groups is 1. The average Bonchev–Trinajstić information content (AvgIpc) is 2.10. The largest absolute Gasteiger partial charge is 0.350 e. The van der Waals surface area contributed by atoms with Gasteiger partial charge in [-0.1, -0.05) is 6.07 Å². The number of urea groups is 1. The molecule has 6 heteroatoms. The molecular formula is C8H7BrIN3O. The van der Waals surface area contributed by atoms with Crippen molar-refractivity contribution in [3.8, 4) is 0 Å². The van der Waals surface area contributed by atoms with Crippen molar-refractivity contribution < 1.29 is 4.79 Å². The van der Waals surface area contributed by atoms with Gasteiger partial charge in [0, 0.05) is 8.04 Å². The number of primary amides is 1. The second-order valence-electron chi connectivity index (χ2n) is 2.41. The second-order valence-corrected chi connectivity index (χ2v) is 4.42. The van der Waals surface area contributed by atoms with Crippen LogP contribution >= 0.6 is 38.5 Å². The van der Waals surface area contributed by atoms with Crippen LogP contribution in [-0.4, -0.2) is 12.2 Å². The van der Waals surface area contributed by atoms with E-state index in [9.17, 15) is 4.79 Å². The number of amides is 2. The molecular weight excluding hydrogens is 361 g/mol. The lowest BCUT2D eigenvalue weighted by atomic mass is 10.2. The van der Waals surface area contributed by atoms with E-state index < -0.39 is 6.03 Å². The Kier molecular flexibility index (Phi) is 4.33. The standard InChI is InChI=1S/C8H7BrIN3O/c9-6-3-5(1-2-7(6)10)4-12-13-8(11)14/h1-4H,(H3,11,13,14). The first-order valence-electron chi connectivity index (χ1n) is 3.63. The number of halogens is 2. The molecule has 74 valence electrons. The summed E-state index contributed by atoms with van der Waals surface area (Å²) in [5.74, 6) is 0. The molecule has 0 aromatic heterocycles. The molecule has 2 amide bonds. The van der Waals surface area contributed by atoms with Gasteiger partial charge in [0.15, 0.2) is 0 Å². The first kappa shape index (κ1) is 11.4. The van der Waals surface area contributed by atoms with Gasteiger partial charge in [-0.3, -0.25) is 0 Å². The summed E-state index contributed by atoms with van der Waals surface area (Å²) in [5, 5.41) is 3.64. The van der Waals surface area contributed by atoms with E-state index >= 15 is 0 Å². The fourth-order valence-electron chi connectivity index (χ4n) is 0.763. The second kappa shape index (κ2) is 5.30. The van der Waals surface area contributed by atoms with E-state index in [4.69, 9.17) is 5.73 Å². The molecule has 0 bridgehead atoms. The van der Waals surface area contributed by atoms with Crippen molar-refractivity contribution in [1.29, 1.82) is 0 Å². The lowest BCUT2D eigenvalue weighted by molar-refractivity contribution is 0.249. The van der Waals surface area contributed by atoms with Crippen LogP contribution < -0.4 is 11.2 Å². The highest BCUT2D eigenvalue weighted by Crippen LogP contribution is 2.19. The summed E-state index contributed by atoms with van der Waals surface area (Å²) in [6.45, 7) is 0. The topological polar surface area (TPSA) is 67.5 Å². The molecule has 1 aromatic carbocycles. The predicted octanol–water partition coefficient (Wildman–Crippen LogP) is 2.06. The number of nitrogens with one attached hydrogen (secondary N) is 1. The van der Waals surface area contributed by atoms with E-state index in [-0.39, 0.29) is 0 Å². The molecule has 0 fully saturated rings. The molecule has 0 spiro atoms. The fraction of sp³-hybridized carbons (Fsp3) is 0. The first-order valence-corrected chi connectivity index (χ1v) is 5.50. The Morgan fingerprint density at radius 1 is 1.64 bits per heavy atom. The van der Waals surface area contributed by atoms with E-state index in [1.54, 1.807) is 0 Å². The number of hydrogen-bond acceptors (Lipinski definition) is 2. The Morgan fingerprint density at radius 2 is 2.36 bits per heavy atom. The Morgan fingerprint density at radius 3 is 2.93 bits per heavy atom. The van der Waals surface area contributed by atoms with Crippen LogP contribution in [0.5, 0.6) is 0 Å². The van der Waals surface area contributed by atoms with Gasteiger partial charge in [0.2, 0.25) is 0 Å². The van der Waals surface area contributed by atoms with Gasteiger partial charge in [0.1, 0.15) is 0 Å². The number of rotatable bonds is 2. The zero-order valence-corrected chi connectivity index (χ0v) is 10.7. The summed E-state index contributed by atoms with van der Waals surface area (Å²) < 4.78 is 2.10. The molecule has 0 saturated heterocycles. The van der Waals surface area contributed by atoms with Crippen LogP contribution in [0.4, 0.5) is 4.79 Å². The number of nitrogens with zero attached hydrogens (tertiary/aromatic N) is 1.